The van der Waals surface area contributed by atoms with Crippen LogP contribution in [0.5, 0.6) is 0 Å². The number of likely N-dealkylation sites (tertiary alicyclic amines) is 1. The Morgan fingerprint density at radius 2 is 1.95 bits per heavy atom. The van der Waals surface area contributed by atoms with Crippen LogP contribution in [-0.4, -0.2) is 34.6 Å². The molecule has 0 aromatic heterocycles. The molecular formula is C12H11BrCl2N2O3. The van der Waals surface area contributed by atoms with Crippen molar-refractivity contribution >= 4 is 56.8 Å². The van der Waals surface area contributed by atoms with Crippen molar-refractivity contribution in [1.29, 1.82) is 0 Å². The van der Waals surface area contributed by atoms with Crippen LogP contribution in [0.25, 0.3) is 0 Å². The second kappa shape index (κ2) is 6.20. The molecule has 1 saturated heterocycles. The monoisotopic (exact) mass is 380 g/mol. The Labute approximate surface area is 134 Å². The van der Waals surface area contributed by atoms with Gasteiger partial charge in [0.25, 0.3) is 0 Å². The second-order valence-corrected chi connectivity index (χ2v) is 6.09. The summed E-state index contributed by atoms with van der Waals surface area (Å²) in [6.45, 7) is 0.397. The van der Waals surface area contributed by atoms with Gasteiger partial charge < -0.3 is 15.3 Å². The zero-order chi connectivity index (χ0) is 14.9. The van der Waals surface area contributed by atoms with Gasteiger partial charge in [0.05, 0.1) is 15.7 Å². The highest BCUT2D eigenvalue weighted by atomic mass is 79.9. The van der Waals surface area contributed by atoms with Crippen molar-refractivity contribution in [3.05, 3.63) is 26.7 Å². The van der Waals surface area contributed by atoms with Crippen LogP contribution in [-0.2, 0) is 4.79 Å². The molecule has 2 rings (SSSR count). The number of hydrogen-bond acceptors (Lipinski definition) is 2. The SMILES string of the molecule is O=C(O)[C@@H]1CCCN1C(=O)Nc1c(Cl)cc(Br)cc1Cl. The van der Waals surface area contributed by atoms with E-state index in [1.165, 1.54) is 4.90 Å². The highest BCUT2D eigenvalue weighted by Gasteiger charge is 2.34. The summed E-state index contributed by atoms with van der Waals surface area (Å²) in [7, 11) is 0. The molecule has 20 heavy (non-hydrogen) atoms. The average molecular weight is 382 g/mol. The van der Waals surface area contributed by atoms with Crippen LogP contribution in [0, 0.1) is 0 Å². The van der Waals surface area contributed by atoms with Crippen LogP contribution in [0.15, 0.2) is 16.6 Å². The van der Waals surface area contributed by atoms with Crippen molar-refractivity contribution in [3.63, 3.8) is 0 Å². The minimum atomic E-state index is -1.01. The third-order valence-electron chi connectivity index (χ3n) is 3.04. The van der Waals surface area contributed by atoms with Crippen molar-refractivity contribution in [2.45, 2.75) is 18.9 Å². The minimum absolute atomic E-state index is 0.276. The molecule has 8 heteroatoms. The van der Waals surface area contributed by atoms with Gasteiger partial charge in [0.2, 0.25) is 0 Å². The average Bonchev–Trinajstić information content (AvgIpc) is 2.82. The predicted octanol–water partition coefficient (Wildman–Crippen LogP) is 3.84. The van der Waals surface area contributed by atoms with Crippen LogP contribution in [0.4, 0.5) is 10.5 Å². The first-order chi connectivity index (χ1) is 9.40. The standard InChI is InChI=1S/C12H11BrCl2N2O3/c13-6-4-7(14)10(8(15)5-6)16-12(20)17-3-1-2-9(17)11(18)19/h4-5,9H,1-3H2,(H,16,20)(H,18,19)/t9-/m0/s1. The van der Waals surface area contributed by atoms with E-state index in [1.807, 2.05) is 0 Å². The number of nitrogens with zero attached hydrogens (tertiary/aromatic N) is 1. The molecule has 1 aromatic carbocycles. The minimum Gasteiger partial charge on any atom is -0.480 e. The van der Waals surface area contributed by atoms with E-state index in [2.05, 4.69) is 21.2 Å². The Bertz CT molecular complexity index is 545. The Morgan fingerprint density at radius 1 is 1.35 bits per heavy atom. The largest absolute Gasteiger partial charge is 0.480 e. The molecule has 5 nitrogen and oxygen atoms in total. The Hall–Kier alpha value is -0.980. The lowest BCUT2D eigenvalue weighted by Crippen LogP contribution is -2.42. The van der Waals surface area contributed by atoms with Crippen LogP contribution >= 0.6 is 39.1 Å². The van der Waals surface area contributed by atoms with Gasteiger partial charge in [0, 0.05) is 11.0 Å². The van der Waals surface area contributed by atoms with E-state index >= 15 is 0 Å². The maximum absolute atomic E-state index is 12.1. The van der Waals surface area contributed by atoms with Gasteiger partial charge in [-0.2, -0.15) is 0 Å². The lowest BCUT2D eigenvalue weighted by Gasteiger charge is -2.22. The van der Waals surface area contributed by atoms with Crippen molar-refractivity contribution in [2.75, 3.05) is 11.9 Å². The van der Waals surface area contributed by atoms with Crippen molar-refractivity contribution in [3.8, 4) is 0 Å². The van der Waals surface area contributed by atoms with Crippen LogP contribution in [0.3, 0.4) is 0 Å². The van der Waals surface area contributed by atoms with Gasteiger partial charge in [0.1, 0.15) is 6.04 Å². The molecule has 0 aliphatic carbocycles. The smallest absolute Gasteiger partial charge is 0.326 e. The predicted molar refractivity (Wildman–Crippen MR) is 80.5 cm³/mol. The van der Waals surface area contributed by atoms with E-state index in [0.29, 0.717) is 23.9 Å². The van der Waals surface area contributed by atoms with Crippen LogP contribution in [0.2, 0.25) is 10.0 Å². The van der Waals surface area contributed by atoms with E-state index in [-0.39, 0.29) is 15.7 Å². The van der Waals surface area contributed by atoms with Gasteiger partial charge in [0.15, 0.2) is 0 Å². The van der Waals surface area contributed by atoms with E-state index in [9.17, 15) is 9.59 Å². The van der Waals surface area contributed by atoms with E-state index in [0.717, 1.165) is 0 Å². The zero-order valence-electron chi connectivity index (χ0n) is 10.2. The molecule has 2 N–H and O–H groups in total. The van der Waals surface area contributed by atoms with Gasteiger partial charge in [-0.05, 0) is 25.0 Å². The summed E-state index contributed by atoms with van der Waals surface area (Å²) < 4.78 is 0.690. The number of carboxylic acids is 1. The molecule has 0 unspecified atom stereocenters. The number of anilines is 1. The second-order valence-electron chi connectivity index (χ2n) is 4.36. The van der Waals surface area contributed by atoms with Crippen molar-refractivity contribution < 1.29 is 14.7 Å². The first-order valence-corrected chi connectivity index (χ1v) is 7.40. The summed E-state index contributed by atoms with van der Waals surface area (Å²) >= 11 is 15.3. The van der Waals surface area contributed by atoms with E-state index in [4.69, 9.17) is 28.3 Å². The normalized spacial score (nSPS) is 18.1. The van der Waals surface area contributed by atoms with Gasteiger partial charge >= 0.3 is 12.0 Å². The van der Waals surface area contributed by atoms with Gasteiger partial charge in [-0.25, -0.2) is 9.59 Å². The number of carboxylic acid groups (broad SMARTS) is 1. The Balaban J connectivity index is 2.18. The fourth-order valence-electron chi connectivity index (χ4n) is 2.11. The quantitative estimate of drug-likeness (QED) is 0.817. The van der Waals surface area contributed by atoms with E-state index < -0.39 is 18.0 Å². The number of hydrogen-bond donors (Lipinski definition) is 2. The molecule has 0 bridgehead atoms. The first kappa shape index (κ1) is 15.4. The van der Waals surface area contributed by atoms with E-state index in [1.54, 1.807) is 12.1 Å². The number of nitrogens with one attached hydrogen (secondary N) is 1. The molecule has 1 heterocycles. The molecule has 1 atom stereocenters. The van der Waals surface area contributed by atoms with Crippen molar-refractivity contribution in [1.82, 2.24) is 4.90 Å². The number of carbonyl (C=O) groups is 2. The molecule has 1 aliphatic rings. The number of aliphatic carboxylic acids is 1. The lowest BCUT2D eigenvalue weighted by molar-refractivity contribution is -0.141. The molecule has 0 saturated carbocycles. The highest BCUT2D eigenvalue weighted by Crippen LogP contribution is 2.34. The maximum Gasteiger partial charge on any atom is 0.326 e. The summed E-state index contributed by atoms with van der Waals surface area (Å²) in [4.78, 5) is 24.5. The maximum atomic E-state index is 12.1. The zero-order valence-corrected chi connectivity index (χ0v) is 13.3. The molecule has 1 aliphatic heterocycles. The third kappa shape index (κ3) is 3.19. The van der Waals surface area contributed by atoms with Crippen molar-refractivity contribution in [2.24, 2.45) is 0 Å². The number of rotatable bonds is 2. The summed E-state index contributed by atoms with van der Waals surface area (Å²) in [5.41, 5.74) is 0.276. The van der Waals surface area contributed by atoms with Crippen LogP contribution in [0.1, 0.15) is 12.8 Å². The molecule has 108 valence electrons. The number of amides is 2. The lowest BCUT2D eigenvalue weighted by atomic mass is 10.2. The van der Waals surface area contributed by atoms with Gasteiger partial charge in [-0.1, -0.05) is 39.1 Å². The Kier molecular flexibility index (Phi) is 4.78. The fraction of sp³-hybridized carbons (Fsp3) is 0.333. The summed E-state index contributed by atoms with van der Waals surface area (Å²) in [5.74, 6) is -1.01. The topological polar surface area (TPSA) is 69.6 Å². The third-order valence-corrected chi connectivity index (χ3v) is 4.09. The van der Waals surface area contributed by atoms with Crippen LogP contribution < -0.4 is 5.32 Å². The molecule has 1 fully saturated rings. The molecule has 0 spiro atoms. The molecular weight excluding hydrogens is 371 g/mol. The highest BCUT2D eigenvalue weighted by molar-refractivity contribution is 9.10. The fourth-order valence-corrected chi connectivity index (χ4v) is 3.41. The van der Waals surface area contributed by atoms with Gasteiger partial charge in [-0.3, -0.25) is 0 Å². The number of halogens is 3. The number of benzene rings is 1. The Morgan fingerprint density at radius 3 is 2.50 bits per heavy atom. The molecule has 1 aromatic rings. The van der Waals surface area contributed by atoms with Gasteiger partial charge in [-0.15, -0.1) is 0 Å². The summed E-state index contributed by atoms with van der Waals surface area (Å²) in [5, 5.41) is 12.2. The summed E-state index contributed by atoms with van der Waals surface area (Å²) in [6.07, 6.45) is 1.11. The first-order valence-electron chi connectivity index (χ1n) is 5.85. The molecule has 2 amide bonds. The number of urea groups is 1. The number of carbonyl (C=O) groups excluding carboxylic acids is 1. The summed E-state index contributed by atoms with van der Waals surface area (Å²) in [6, 6.07) is 1.88. The molecule has 0 radical (unpaired) electrons.